The van der Waals surface area contributed by atoms with E-state index in [-0.39, 0.29) is 24.3 Å². The fourth-order valence-electron chi connectivity index (χ4n) is 5.14. The number of fused-ring (bicyclic) bond motifs is 1. The molecule has 0 amide bonds. The van der Waals surface area contributed by atoms with Gasteiger partial charge in [-0.3, -0.25) is 9.36 Å². The van der Waals surface area contributed by atoms with E-state index in [1.54, 1.807) is 69.5 Å². The quantitative estimate of drug-likeness (QED) is 0.154. The number of ether oxygens (including phenoxy) is 5. The number of hydrogen-bond donors (Lipinski definition) is 0. The average Bonchev–Trinajstić information content (AvgIpc) is 3.34. The maximum atomic E-state index is 14.2. The fourth-order valence-corrected chi connectivity index (χ4v) is 7.23. The van der Waals surface area contributed by atoms with Gasteiger partial charge in [0.2, 0.25) is 0 Å². The summed E-state index contributed by atoms with van der Waals surface area (Å²) < 4.78 is 31.0. The van der Waals surface area contributed by atoms with Crippen molar-refractivity contribution in [2.24, 2.45) is 4.99 Å². The van der Waals surface area contributed by atoms with Crippen LogP contribution in [0.15, 0.2) is 74.1 Å². The molecule has 13 heteroatoms. The molecule has 0 saturated carbocycles. The molecule has 0 spiro atoms. The maximum absolute atomic E-state index is 14.2. The summed E-state index contributed by atoms with van der Waals surface area (Å²) in [6, 6.07) is 13.3. The molecular weight excluding hydrogens is 731 g/mol. The van der Waals surface area contributed by atoms with Gasteiger partial charge in [-0.15, -0.1) is 0 Å². The SMILES string of the molecule is CCOC(=O)C1=C(C)N=c2s/c(=C\c3cc(Br)c(OCc4ccc(Cl)cc4Cl)c(OC)c3)c(=O)n2[C@@H]1c1ccc(OC)c(OCC)c1. The predicted octanol–water partition coefficient (Wildman–Crippen LogP) is 6.86. The average molecular weight is 763 g/mol. The van der Waals surface area contributed by atoms with Gasteiger partial charge < -0.3 is 23.7 Å². The molecule has 0 unspecified atom stereocenters. The lowest BCUT2D eigenvalue weighted by molar-refractivity contribution is -0.139. The Morgan fingerprint density at radius 2 is 1.77 bits per heavy atom. The largest absolute Gasteiger partial charge is 0.493 e. The first kappa shape index (κ1) is 34.6. The van der Waals surface area contributed by atoms with Crippen LogP contribution in [0.4, 0.5) is 0 Å². The molecule has 1 atom stereocenters. The van der Waals surface area contributed by atoms with Gasteiger partial charge in [0.15, 0.2) is 27.8 Å². The van der Waals surface area contributed by atoms with E-state index in [9.17, 15) is 9.59 Å². The standard InChI is InChI=1S/C34H31BrCl2N2O7S/c1-6-44-26-15-20(9-11-25(26)42-4)30-29(33(41)45-7-2)18(3)38-34-39(30)32(40)28(47-34)14-19-12-23(35)31(27(13-19)43-5)46-17-21-8-10-22(36)16-24(21)37/h8-16,30H,6-7,17H2,1-5H3/b28-14-/t30-/m1/s1. The van der Waals surface area contributed by atoms with Gasteiger partial charge >= 0.3 is 5.97 Å². The number of esters is 1. The molecule has 0 N–H and O–H groups in total. The highest BCUT2D eigenvalue weighted by Gasteiger charge is 2.34. The summed E-state index contributed by atoms with van der Waals surface area (Å²) >= 11 is 17.2. The van der Waals surface area contributed by atoms with Gasteiger partial charge in [-0.05, 0) is 90.3 Å². The number of methoxy groups -OCH3 is 2. The first-order valence-corrected chi connectivity index (χ1v) is 16.9. The lowest BCUT2D eigenvalue weighted by Crippen LogP contribution is -2.40. The van der Waals surface area contributed by atoms with Crippen molar-refractivity contribution in [3.05, 3.63) is 111 Å². The molecule has 47 heavy (non-hydrogen) atoms. The highest BCUT2D eigenvalue weighted by molar-refractivity contribution is 9.10. The molecule has 1 aliphatic rings. The van der Waals surface area contributed by atoms with Crippen LogP contribution < -0.4 is 33.8 Å². The molecule has 2 heterocycles. The molecule has 0 saturated heterocycles. The molecule has 5 rings (SSSR count). The number of carbonyl (C=O) groups is 1. The molecule has 0 aliphatic carbocycles. The van der Waals surface area contributed by atoms with Gasteiger partial charge in [-0.1, -0.05) is 46.7 Å². The third-order valence-corrected chi connectivity index (χ3v) is 9.42. The number of benzene rings is 3. The van der Waals surface area contributed by atoms with Crippen LogP contribution in [0.3, 0.4) is 0 Å². The summed E-state index contributed by atoms with van der Waals surface area (Å²) in [5, 5.41) is 1.02. The minimum absolute atomic E-state index is 0.169. The molecule has 0 bridgehead atoms. The number of nitrogens with zero attached hydrogens (tertiary/aromatic N) is 2. The van der Waals surface area contributed by atoms with E-state index >= 15 is 0 Å². The smallest absolute Gasteiger partial charge is 0.338 e. The second-order valence-corrected chi connectivity index (χ2v) is 12.9. The summed E-state index contributed by atoms with van der Waals surface area (Å²) in [6.07, 6.45) is 1.75. The van der Waals surface area contributed by atoms with Crippen molar-refractivity contribution in [3.8, 4) is 23.0 Å². The molecule has 0 radical (unpaired) electrons. The topological polar surface area (TPSA) is 97.6 Å². The second-order valence-electron chi connectivity index (χ2n) is 10.2. The molecule has 4 aromatic rings. The fraction of sp³-hybridized carbons (Fsp3) is 0.265. The highest BCUT2D eigenvalue weighted by atomic mass is 79.9. The van der Waals surface area contributed by atoms with Crippen LogP contribution >= 0.6 is 50.5 Å². The van der Waals surface area contributed by atoms with Gasteiger partial charge in [-0.25, -0.2) is 9.79 Å². The van der Waals surface area contributed by atoms with E-state index in [1.165, 1.54) is 23.0 Å². The second kappa shape index (κ2) is 15.0. The molecule has 0 fully saturated rings. The van der Waals surface area contributed by atoms with Crippen molar-refractivity contribution in [1.82, 2.24) is 4.57 Å². The summed E-state index contributed by atoms with van der Waals surface area (Å²) in [5.74, 6) is 1.39. The lowest BCUT2D eigenvalue weighted by atomic mass is 9.95. The zero-order valence-electron chi connectivity index (χ0n) is 26.2. The lowest BCUT2D eigenvalue weighted by Gasteiger charge is -2.25. The first-order valence-electron chi connectivity index (χ1n) is 14.5. The zero-order valence-corrected chi connectivity index (χ0v) is 30.1. The third kappa shape index (κ3) is 7.23. The van der Waals surface area contributed by atoms with E-state index in [0.29, 0.717) is 70.3 Å². The van der Waals surface area contributed by atoms with E-state index in [4.69, 9.17) is 46.9 Å². The molecule has 9 nitrogen and oxygen atoms in total. The van der Waals surface area contributed by atoms with Crippen molar-refractivity contribution in [2.45, 2.75) is 33.4 Å². The minimum Gasteiger partial charge on any atom is -0.493 e. The zero-order chi connectivity index (χ0) is 33.8. The van der Waals surface area contributed by atoms with Crippen molar-refractivity contribution >= 4 is 62.5 Å². The van der Waals surface area contributed by atoms with Crippen molar-refractivity contribution in [3.63, 3.8) is 0 Å². The summed E-state index contributed by atoms with van der Waals surface area (Å²) in [6.45, 7) is 6.09. The Hall–Kier alpha value is -3.77. The Kier molecular flexibility index (Phi) is 11.0. The number of halogens is 3. The molecule has 246 valence electrons. The van der Waals surface area contributed by atoms with E-state index in [2.05, 4.69) is 20.9 Å². The number of aromatic nitrogens is 1. The Bertz CT molecular complexity index is 2060. The van der Waals surface area contributed by atoms with Gasteiger partial charge in [-0.2, -0.15) is 0 Å². The first-order chi connectivity index (χ1) is 22.6. The van der Waals surface area contributed by atoms with Crippen molar-refractivity contribution < 1.29 is 28.5 Å². The van der Waals surface area contributed by atoms with Gasteiger partial charge in [0.05, 0.1) is 53.8 Å². The molecular formula is C34H31BrCl2N2O7S. The molecule has 3 aromatic carbocycles. The summed E-state index contributed by atoms with van der Waals surface area (Å²) in [7, 11) is 3.09. The minimum atomic E-state index is -0.811. The van der Waals surface area contributed by atoms with E-state index < -0.39 is 12.0 Å². The molecule has 1 aromatic heterocycles. The van der Waals surface area contributed by atoms with Crippen LogP contribution in [0.2, 0.25) is 10.0 Å². The molecule has 1 aliphatic heterocycles. The van der Waals surface area contributed by atoms with Gasteiger partial charge in [0.25, 0.3) is 5.56 Å². The predicted molar refractivity (Wildman–Crippen MR) is 186 cm³/mol. The Morgan fingerprint density at radius 3 is 2.45 bits per heavy atom. The summed E-state index contributed by atoms with van der Waals surface area (Å²) in [5.41, 5.74) is 2.48. The van der Waals surface area contributed by atoms with Crippen LogP contribution in [-0.2, 0) is 16.1 Å². The Labute approximate surface area is 293 Å². The third-order valence-electron chi connectivity index (χ3n) is 7.26. The number of allylic oxidation sites excluding steroid dienone is 1. The Morgan fingerprint density at radius 1 is 1.00 bits per heavy atom. The van der Waals surface area contributed by atoms with Crippen LogP contribution in [-0.4, -0.2) is 38.0 Å². The van der Waals surface area contributed by atoms with Gasteiger partial charge in [0, 0.05) is 15.6 Å². The normalized spacial score (nSPS) is 14.4. The van der Waals surface area contributed by atoms with Crippen LogP contribution in [0.25, 0.3) is 6.08 Å². The number of hydrogen-bond acceptors (Lipinski definition) is 9. The highest BCUT2D eigenvalue weighted by Crippen LogP contribution is 2.39. The van der Waals surface area contributed by atoms with Crippen LogP contribution in [0.1, 0.15) is 43.5 Å². The van der Waals surface area contributed by atoms with Crippen LogP contribution in [0.5, 0.6) is 23.0 Å². The van der Waals surface area contributed by atoms with Crippen molar-refractivity contribution in [2.75, 3.05) is 27.4 Å². The van der Waals surface area contributed by atoms with Crippen molar-refractivity contribution in [1.29, 1.82) is 0 Å². The number of thiazole rings is 1. The monoisotopic (exact) mass is 760 g/mol. The number of carbonyl (C=O) groups excluding carboxylic acids is 1. The summed E-state index contributed by atoms with van der Waals surface area (Å²) in [4.78, 5) is 32.6. The maximum Gasteiger partial charge on any atom is 0.338 e. The van der Waals surface area contributed by atoms with E-state index in [1.807, 2.05) is 13.0 Å². The van der Waals surface area contributed by atoms with Crippen LogP contribution in [0, 0.1) is 0 Å². The van der Waals surface area contributed by atoms with E-state index in [0.717, 1.165) is 5.56 Å². The Balaban J connectivity index is 1.59. The number of rotatable bonds is 11. The van der Waals surface area contributed by atoms with Gasteiger partial charge in [0.1, 0.15) is 6.61 Å².